The fourth-order valence-electron chi connectivity index (χ4n) is 1.34. The van der Waals surface area contributed by atoms with Crippen molar-refractivity contribution < 1.29 is 18.3 Å². The third kappa shape index (κ3) is 2.62. The fraction of sp³-hybridized carbons (Fsp3) is 0.182. The highest BCUT2D eigenvalue weighted by atomic mass is 19.4. The zero-order chi connectivity index (χ0) is 13.2. The van der Waals surface area contributed by atoms with Crippen molar-refractivity contribution in [1.29, 1.82) is 0 Å². The third-order valence-corrected chi connectivity index (χ3v) is 2.24. The maximum atomic E-state index is 12.3. The minimum atomic E-state index is -4.41. The van der Waals surface area contributed by atoms with Gasteiger partial charge in [-0.25, -0.2) is 9.97 Å². The Morgan fingerprint density at radius 3 is 2.39 bits per heavy atom. The van der Waals surface area contributed by atoms with Gasteiger partial charge in [-0.1, -0.05) is 0 Å². The van der Waals surface area contributed by atoms with E-state index in [1.54, 1.807) is 0 Å². The zero-order valence-corrected chi connectivity index (χ0v) is 9.02. The molecular formula is C11H8F3N3O. The maximum Gasteiger partial charge on any atom is 0.417 e. The van der Waals surface area contributed by atoms with Crippen molar-refractivity contribution in [2.75, 3.05) is 0 Å². The molecule has 2 aromatic heterocycles. The van der Waals surface area contributed by atoms with E-state index in [4.69, 9.17) is 5.11 Å². The number of aliphatic hydroxyl groups is 1. The van der Waals surface area contributed by atoms with E-state index in [9.17, 15) is 13.2 Å². The van der Waals surface area contributed by atoms with E-state index in [2.05, 4.69) is 15.0 Å². The highest BCUT2D eigenvalue weighted by Crippen LogP contribution is 2.29. The Bertz CT molecular complexity index is 540. The minimum Gasteiger partial charge on any atom is -0.390 e. The van der Waals surface area contributed by atoms with E-state index in [1.807, 2.05) is 0 Å². The molecule has 0 saturated carbocycles. The lowest BCUT2D eigenvalue weighted by Gasteiger charge is -2.06. The molecule has 0 spiro atoms. The number of aromatic nitrogens is 3. The highest BCUT2D eigenvalue weighted by Gasteiger charge is 2.30. The largest absolute Gasteiger partial charge is 0.417 e. The second-order valence-corrected chi connectivity index (χ2v) is 3.48. The van der Waals surface area contributed by atoms with Crippen molar-refractivity contribution in [3.05, 3.63) is 42.0 Å². The molecule has 0 saturated heterocycles. The highest BCUT2D eigenvalue weighted by molar-refractivity contribution is 5.54. The van der Waals surface area contributed by atoms with Crippen LogP contribution in [-0.4, -0.2) is 20.1 Å². The van der Waals surface area contributed by atoms with Crippen molar-refractivity contribution >= 4 is 0 Å². The van der Waals surface area contributed by atoms with Gasteiger partial charge in [0.15, 0.2) is 0 Å². The number of nitrogens with zero attached hydrogens (tertiary/aromatic N) is 3. The zero-order valence-electron chi connectivity index (χ0n) is 9.02. The minimum absolute atomic E-state index is 0.268. The molecule has 2 aromatic rings. The molecule has 0 aliphatic carbocycles. The maximum absolute atomic E-state index is 12.3. The molecular weight excluding hydrogens is 247 g/mol. The van der Waals surface area contributed by atoms with Crippen LogP contribution in [0.3, 0.4) is 0 Å². The molecule has 0 fully saturated rings. The van der Waals surface area contributed by atoms with Gasteiger partial charge in [0.2, 0.25) is 0 Å². The molecule has 0 radical (unpaired) electrons. The van der Waals surface area contributed by atoms with Crippen molar-refractivity contribution in [2.24, 2.45) is 0 Å². The van der Waals surface area contributed by atoms with Crippen LogP contribution >= 0.6 is 0 Å². The van der Waals surface area contributed by atoms with E-state index in [0.717, 1.165) is 12.3 Å². The van der Waals surface area contributed by atoms with Gasteiger partial charge in [0.25, 0.3) is 0 Å². The number of hydrogen-bond acceptors (Lipinski definition) is 4. The standard InChI is InChI=1S/C11H8F3N3O/c12-11(13,14)7-1-2-9(15-4-7)10-3-8(5-18)16-6-17-10/h1-4,6,18H,5H2. The smallest absolute Gasteiger partial charge is 0.390 e. The summed E-state index contributed by atoms with van der Waals surface area (Å²) in [5.74, 6) is 0. The number of pyridine rings is 1. The summed E-state index contributed by atoms with van der Waals surface area (Å²) in [5, 5.41) is 8.90. The average Bonchev–Trinajstić information content (AvgIpc) is 2.38. The van der Waals surface area contributed by atoms with Crippen LogP contribution in [0.2, 0.25) is 0 Å². The lowest BCUT2D eigenvalue weighted by atomic mass is 10.2. The Kier molecular flexibility index (Phi) is 3.24. The second kappa shape index (κ2) is 4.69. The molecule has 0 bridgehead atoms. The van der Waals surface area contributed by atoms with Crippen LogP contribution in [0.1, 0.15) is 11.3 Å². The van der Waals surface area contributed by atoms with Crippen LogP contribution in [-0.2, 0) is 12.8 Å². The molecule has 0 amide bonds. The first-order valence-corrected chi connectivity index (χ1v) is 4.96. The summed E-state index contributed by atoms with van der Waals surface area (Å²) in [4.78, 5) is 11.4. The van der Waals surface area contributed by atoms with E-state index in [0.29, 0.717) is 17.1 Å². The summed E-state index contributed by atoms with van der Waals surface area (Å²) in [6.45, 7) is -0.268. The van der Waals surface area contributed by atoms with Gasteiger partial charge < -0.3 is 5.11 Å². The van der Waals surface area contributed by atoms with Crippen molar-refractivity contribution in [3.8, 4) is 11.4 Å². The summed E-state index contributed by atoms with van der Waals surface area (Å²) in [6, 6.07) is 3.63. The van der Waals surface area contributed by atoms with Gasteiger partial charge in [-0.3, -0.25) is 4.98 Å². The summed E-state index contributed by atoms with van der Waals surface area (Å²) < 4.78 is 37.0. The predicted octanol–water partition coefficient (Wildman–Crippen LogP) is 2.05. The molecule has 0 aromatic carbocycles. The van der Waals surface area contributed by atoms with Gasteiger partial charge >= 0.3 is 6.18 Å². The number of hydrogen-bond donors (Lipinski definition) is 1. The summed E-state index contributed by atoms with van der Waals surface area (Å²) in [5.41, 5.74) is 0.215. The Hall–Kier alpha value is -2.02. The van der Waals surface area contributed by atoms with E-state index >= 15 is 0 Å². The number of halogens is 3. The average molecular weight is 255 g/mol. The van der Waals surface area contributed by atoms with Gasteiger partial charge in [-0.2, -0.15) is 13.2 Å². The van der Waals surface area contributed by atoms with Gasteiger partial charge in [0.05, 0.1) is 29.3 Å². The van der Waals surface area contributed by atoms with E-state index < -0.39 is 11.7 Å². The van der Waals surface area contributed by atoms with Crippen molar-refractivity contribution in [3.63, 3.8) is 0 Å². The van der Waals surface area contributed by atoms with Crippen LogP contribution in [0.4, 0.5) is 13.2 Å². The molecule has 4 nitrogen and oxygen atoms in total. The van der Waals surface area contributed by atoms with Crippen molar-refractivity contribution in [2.45, 2.75) is 12.8 Å². The molecule has 0 atom stereocenters. The summed E-state index contributed by atoms with van der Waals surface area (Å²) >= 11 is 0. The monoisotopic (exact) mass is 255 g/mol. The lowest BCUT2D eigenvalue weighted by molar-refractivity contribution is -0.137. The van der Waals surface area contributed by atoms with Crippen molar-refractivity contribution in [1.82, 2.24) is 15.0 Å². The molecule has 0 aliphatic rings. The first-order valence-electron chi connectivity index (χ1n) is 4.96. The topological polar surface area (TPSA) is 58.9 Å². The predicted molar refractivity (Wildman–Crippen MR) is 56.2 cm³/mol. The molecule has 1 N–H and O–H groups in total. The Morgan fingerprint density at radius 2 is 1.83 bits per heavy atom. The van der Waals surface area contributed by atoms with Gasteiger partial charge in [0.1, 0.15) is 6.33 Å². The Labute approximate surface area is 100 Å². The van der Waals surface area contributed by atoms with Crippen LogP contribution < -0.4 is 0 Å². The third-order valence-electron chi connectivity index (χ3n) is 2.24. The Morgan fingerprint density at radius 1 is 1.06 bits per heavy atom. The molecule has 7 heteroatoms. The van der Waals surface area contributed by atoms with Crippen LogP contribution in [0, 0.1) is 0 Å². The molecule has 2 heterocycles. The molecule has 0 aliphatic heterocycles. The van der Waals surface area contributed by atoms with Crippen LogP contribution in [0.25, 0.3) is 11.4 Å². The fourth-order valence-corrected chi connectivity index (χ4v) is 1.34. The van der Waals surface area contributed by atoms with Crippen LogP contribution in [0.5, 0.6) is 0 Å². The molecule has 94 valence electrons. The SMILES string of the molecule is OCc1cc(-c2ccc(C(F)(F)F)cn2)ncn1. The first kappa shape index (κ1) is 12.4. The first-order chi connectivity index (χ1) is 8.50. The molecule has 0 unspecified atom stereocenters. The molecule has 18 heavy (non-hydrogen) atoms. The number of aliphatic hydroxyl groups excluding tert-OH is 1. The summed E-state index contributed by atoms with van der Waals surface area (Å²) in [7, 11) is 0. The normalized spacial score (nSPS) is 11.6. The number of alkyl halides is 3. The van der Waals surface area contributed by atoms with Crippen LogP contribution in [0.15, 0.2) is 30.7 Å². The van der Waals surface area contributed by atoms with E-state index in [-0.39, 0.29) is 6.61 Å². The van der Waals surface area contributed by atoms with Gasteiger partial charge in [0, 0.05) is 6.20 Å². The molecule has 2 rings (SSSR count). The second-order valence-electron chi connectivity index (χ2n) is 3.48. The van der Waals surface area contributed by atoms with Gasteiger partial charge in [-0.05, 0) is 18.2 Å². The van der Waals surface area contributed by atoms with Gasteiger partial charge in [-0.15, -0.1) is 0 Å². The number of rotatable bonds is 2. The quantitative estimate of drug-likeness (QED) is 0.892. The summed E-state index contributed by atoms with van der Waals surface area (Å²) in [6.07, 6.45) is -2.44. The van der Waals surface area contributed by atoms with E-state index in [1.165, 1.54) is 18.5 Å². The Balaban J connectivity index is 2.34. The lowest BCUT2D eigenvalue weighted by Crippen LogP contribution is -2.05.